The molecule has 0 bridgehead atoms. The molecule has 1 aromatic heterocycles. The first-order valence-electron chi connectivity index (χ1n) is 7.55. The summed E-state index contributed by atoms with van der Waals surface area (Å²) in [6.45, 7) is 7.67. The lowest BCUT2D eigenvalue weighted by Gasteiger charge is -2.23. The van der Waals surface area contributed by atoms with E-state index < -0.39 is 0 Å². The van der Waals surface area contributed by atoms with Crippen LogP contribution in [0.3, 0.4) is 0 Å². The van der Waals surface area contributed by atoms with Crippen LogP contribution in [0.2, 0.25) is 0 Å². The van der Waals surface area contributed by atoms with Crippen molar-refractivity contribution in [2.45, 2.75) is 39.7 Å². The average Bonchev–Trinajstić information content (AvgIpc) is 2.92. The quantitative estimate of drug-likeness (QED) is 0.904. The minimum Gasteiger partial charge on any atom is -0.356 e. The Balaban J connectivity index is 1.91. The normalized spacial score (nSPS) is 25.9. The molecule has 2 atom stereocenters. The summed E-state index contributed by atoms with van der Waals surface area (Å²) < 4.78 is 0. The molecule has 2 aliphatic rings. The Morgan fingerprint density at radius 2 is 1.95 bits per heavy atom. The van der Waals surface area contributed by atoms with Gasteiger partial charge in [0.25, 0.3) is 0 Å². The third-order valence-corrected chi connectivity index (χ3v) is 4.83. The van der Waals surface area contributed by atoms with Crippen molar-refractivity contribution < 1.29 is 0 Å². The highest BCUT2D eigenvalue weighted by atomic mass is 15.2. The summed E-state index contributed by atoms with van der Waals surface area (Å²) in [4.78, 5) is 7.39. The van der Waals surface area contributed by atoms with Gasteiger partial charge in [-0.2, -0.15) is 0 Å². The van der Waals surface area contributed by atoms with Crippen LogP contribution in [-0.2, 0) is 6.54 Å². The molecule has 2 fully saturated rings. The maximum Gasteiger partial charge on any atom is 0.133 e. The van der Waals surface area contributed by atoms with Gasteiger partial charge in [0.05, 0.1) is 0 Å². The van der Waals surface area contributed by atoms with Crippen molar-refractivity contribution in [3.63, 3.8) is 0 Å². The van der Waals surface area contributed by atoms with E-state index in [4.69, 9.17) is 4.98 Å². The van der Waals surface area contributed by atoms with Crippen molar-refractivity contribution in [1.82, 2.24) is 10.3 Å². The van der Waals surface area contributed by atoms with E-state index in [2.05, 4.69) is 30.1 Å². The number of nitrogens with one attached hydrogen (secondary N) is 1. The topological polar surface area (TPSA) is 28.2 Å². The maximum absolute atomic E-state index is 4.85. The number of fused-ring (bicyclic) bond motifs is 1. The zero-order valence-electron chi connectivity index (χ0n) is 12.4. The van der Waals surface area contributed by atoms with Gasteiger partial charge < -0.3 is 10.2 Å². The van der Waals surface area contributed by atoms with Gasteiger partial charge in [-0.1, -0.05) is 6.42 Å². The van der Waals surface area contributed by atoms with Crippen molar-refractivity contribution >= 4 is 5.82 Å². The van der Waals surface area contributed by atoms with E-state index in [0.29, 0.717) is 0 Å². The van der Waals surface area contributed by atoms with E-state index in [1.54, 1.807) is 0 Å². The molecule has 104 valence electrons. The van der Waals surface area contributed by atoms with Gasteiger partial charge in [-0.25, -0.2) is 4.98 Å². The molecule has 1 saturated carbocycles. The van der Waals surface area contributed by atoms with Crippen LogP contribution in [0.5, 0.6) is 0 Å². The predicted molar refractivity (Wildman–Crippen MR) is 79.5 cm³/mol. The first-order chi connectivity index (χ1) is 9.19. The van der Waals surface area contributed by atoms with Gasteiger partial charge in [0.2, 0.25) is 0 Å². The Bertz CT molecular complexity index is 457. The smallest absolute Gasteiger partial charge is 0.133 e. The second kappa shape index (κ2) is 5.12. The second-order valence-electron chi connectivity index (χ2n) is 6.27. The van der Waals surface area contributed by atoms with Crippen molar-refractivity contribution in [3.05, 3.63) is 22.9 Å². The van der Waals surface area contributed by atoms with Gasteiger partial charge in [-0.05, 0) is 57.2 Å². The summed E-state index contributed by atoms with van der Waals surface area (Å²) in [5.74, 6) is 3.08. The van der Waals surface area contributed by atoms with Gasteiger partial charge in [0.15, 0.2) is 0 Å². The van der Waals surface area contributed by atoms with E-state index in [1.807, 2.05) is 7.05 Å². The van der Waals surface area contributed by atoms with Crippen molar-refractivity contribution in [3.8, 4) is 0 Å². The van der Waals surface area contributed by atoms with Gasteiger partial charge in [0.1, 0.15) is 5.82 Å². The highest BCUT2D eigenvalue weighted by Gasteiger charge is 2.37. The van der Waals surface area contributed by atoms with Gasteiger partial charge in [0, 0.05) is 30.9 Å². The summed E-state index contributed by atoms with van der Waals surface area (Å²) in [5.41, 5.74) is 3.89. The van der Waals surface area contributed by atoms with E-state index in [1.165, 1.54) is 49.3 Å². The molecule has 1 aromatic rings. The molecule has 1 saturated heterocycles. The molecule has 2 unspecified atom stereocenters. The summed E-state index contributed by atoms with van der Waals surface area (Å²) in [6, 6.07) is 2.20. The molecule has 2 heterocycles. The average molecular weight is 259 g/mol. The number of rotatable bonds is 3. The lowest BCUT2D eigenvalue weighted by molar-refractivity contribution is 0.494. The molecule has 0 amide bonds. The minimum atomic E-state index is 0.917. The summed E-state index contributed by atoms with van der Waals surface area (Å²) in [7, 11) is 2.02. The molecular formula is C16H25N3. The molecule has 3 heteroatoms. The van der Waals surface area contributed by atoms with Crippen LogP contribution in [0.25, 0.3) is 0 Å². The summed E-state index contributed by atoms with van der Waals surface area (Å²) in [6.07, 6.45) is 4.29. The fraction of sp³-hybridized carbons (Fsp3) is 0.688. The van der Waals surface area contributed by atoms with Crippen molar-refractivity contribution in [2.75, 3.05) is 25.0 Å². The molecule has 0 spiro atoms. The van der Waals surface area contributed by atoms with Crippen LogP contribution in [0, 0.1) is 25.7 Å². The number of anilines is 1. The van der Waals surface area contributed by atoms with Crippen molar-refractivity contribution in [2.24, 2.45) is 11.8 Å². The maximum atomic E-state index is 4.85. The SMILES string of the molecule is CNCc1c(C)cc(C)nc1N1CC2CCCC2C1. The summed E-state index contributed by atoms with van der Waals surface area (Å²) >= 11 is 0. The fourth-order valence-electron chi connectivity index (χ4n) is 3.91. The van der Waals surface area contributed by atoms with Crippen LogP contribution in [0.4, 0.5) is 5.82 Å². The zero-order chi connectivity index (χ0) is 13.4. The number of aryl methyl sites for hydroxylation is 2. The first-order valence-corrected chi connectivity index (χ1v) is 7.55. The van der Waals surface area contributed by atoms with E-state index in [0.717, 1.165) is 24.1 Å². The van der Waals surface area contributed by atoms with Gasteiger partial charge >= 0.3 is 0 Å². The standard InChI is InChI=1S/C16H25N3/c1-11-7-12(2)18-16(15(11)8-17-3)19-9-13-5-4-6-14(13)10-19/h7,13-14,17H,4-6,8-10H2,1-3H3. The van der Waals surface area contributed by atoms with E-state index in [9.17, 15) is 0 Å². The zero-order valence-corrected chi connectivity index (χ0v) is 12.4. The lowest BCUT2D eigenvalue weighted by atomic mass is 10.0. The van der Waals surface area contributed by atoms with Crippen LogP contribution in [0.15, 0.2) is 6.07 Å². The van der Waals surface area contributed by atoms with Crippen LogP contribution in [-0.4, -0.2) is 25.1 Å². The molecule has 1 aliphatic heterocycles. The number of aromatic nitrogens is 1. The van der Waals surface area contributed by atoms with Crippen LogP contribution >= 0.6 is 0 Å². The minimum absolute atomic E-state index is 0.917. The monoisotopic (exact) mass is 259 g/mol. The Morgan fingerprint density at radius 1 is 1.26 bits per heavy atom. The number of pyridine rings is 1. The van der Waals surface area contributed by atoms with Crippen LogP contribution in [0.1, 0.15) is 36.1 Å². The number of nitrogens with zero attached hydrogens (tertiary/aromatic N) is 2. The first kappa shape index (κ1) is 12.9. The molecule has 19 heavy (non-hydrogen) atoms. The number of hydrogen-bond donors (Lipinski definition) is 1. The molecule has 0 aromatic carbocycles. The molecule has 0 radical (unpaired) electrons. The second-order valence-corrected chi connectivity index (χ2v) is 6.27. The molecular weight excluding hydrogens is 234 g/mol. The van der Waals surface area contributed by atoms with E-state index in [-0.39, 0.29) is 0 Å². The molecule has 1 aliphatic carbocycles. The molecule has 1 N–H and O–H groups in total. The Hall–Kier alpha value is -1.09. The largest absolute Gasteiger partial charge is 0.356 e. The third kappa shape index (κ3) is 2.36. The lowest BCUT2D eigenvalue weighted by Crippen LogP contribution is -2.25. The van der Waals surface area contributed by atoms with Crippen molar-refractivity contribution in [1.29, 1.82) is 0 Å². The Kier molecular flexibility index (Phi) is 3.48. The number of hydrogen-bond acceptors (Lipinski definition) is 3. The fourth-order valence-corrected chi connectivity index (χ4v) is 3.91. The highest BCUT2D eigenvalue weighted by Crippen LogP contribution is 2.40. The predicted octanol–water partition coefficient (Wildman–Crippen LogP) is 2.65. The Morgan fingerprint density at radius 3 is 2.58 bits per heavy atom. The molecule has 3 nitrogen and oxygen atoms in total. The summed E-state index contributed by atoms with van der Waals surface area (Å²) in [5, 5.41) is 3.29. The van der Waals surface area contributed by atoms with E-state index >= 15 is 0 Å². The van der Waals surface area contributed by atoms with Gasteiger partial charge in [-0.15, -0.1) is 0 Å². The molecule has 3 rings (SSSR count). The Labute approximate surface area is 116 Å². The van der Waals surface area contributed by atoms with Crippen LogP contribution < -0.4 is 10.2 Å². The third-order valence-electron chi connectivity index (χ3n) is 4.83. The van der Waals surface area contributed by atoms with Gasteiger partial charge in [-0.3, -0.25) is 0 Å². The highest BCUT2D eigenvalue weighted by molar-refractivity contribution is 5.52.